The first-order valence-electron chi connectivity index (χ1n) is 9.61. The number of benzene rings is 2. The number of nitrogens with one attached hydrogen (secondary N) is 2. The number of nitrogens with zero attached hydrogens (tertiary/aromatic N) is 2. The quantitative estimate of drug-likeness (QED) is 0.444. The van der Waals surface area contributed by atoms with E-state index >= 15 is 0 Å². The summed E-state index contributed by atoms with van der Waals surface area (Å²) in [6.45, 7) is 1.97. The van der Waals surface area contributed by atoms with Gasteiger partial charge in [-0.2, -0.15) is 0 Å². The topological polar surface area (TPSA) is 97.1 Å². The number of hydrogen-bond acceptors (Lipinski definition) is 6. The molecule has 2 aromatic carbocycles. The van der Waals surface area contributed by atoms with Crippen molar-refractivity contribution in [2.75, 3.05) is 10.6 Å². The average molecular weight is 420 g/mol. The Hall–Kier alpha value is -3.52. The maximum atomic E-state index is 12.4. The maximum Gasteiger partial charge on any atom is 0.232 e. The summed E-state index contributed by atoms with van der Waals surface area (Å²) in [4.78, 5) is 28.6. The number of para-hydroxylation sites is 1. The molecule has 0 bridgehead atoms. The summed E-state index contributed by atoms with van der Waals surface area (Å²) >= 11 is 1.35. The van der Waals surface area contributed by atoms with Crippen molar-refractivity contribution in [2.24, 2.45) is 0 Å². The van der Waals surface area contributed by atoms with Crippen LogP contribution in [-0.2, 0) is 16.0 Å². The number of carbonyl (C=O) groups excluding carboxylic acids is 2. The van der Waals surface area contributed by atoms with E-state index in [-0.39, 0.29) is 18.2 Å². The van der Waals surface area contributed by atoms with Crippen LogP contribution in [0.5, 0.6) is 0 Å². The van der Waals surface area contributed by atoms with E-state index in [4.69, 9.17) is 4.52 Å². The summed E-state index contributed by atoms with van der Waals surface area (Å²) in [5.41, 5.74) is 3.67. The first-order chi connectivity index (χ1) is 14.6. The molecule has 30 heavy (non-hydrogen) atoms. The molecular weight excluding hydrogens is 400 g/mol. The highest BCUT2D eigenvalue weighted by Crippen LogP contribution is 2.26. The van der Waals surface area contributed by atoms with Crippen LogP contribution < -0.4 is 10.6 Å². The minimum Gasteiger partial charge on any atom is -0.356 e. The van der Waals surface area contributed by atoms with Crippen LogP contribution in [0.2, 0.25) is 0 Å². The Morgan fingerprint density at radius 1 is 1.03 bits per heavy atom. The van der Waals surface area contributed by atoms with Crippen molar-refractivity contribution in [3.05, 3.63) is 59.6 Å². The zero-order valence-electron chi connectivity index (χ0n) is 16.3. The highest BCUT2D eigenvalue weighted by Gasteiger charge is 2.14. The van der Waals surface area contributed by atoms with Gasteiger partial charge in [-0.1, -0.05) is 36.3 Å². The van der Waals surface area contributed by atoms with Crippen LogP contribution in [-0.4, -0.2) is 22.0 Å². The van der Waals surface area contributed by atoms with Crippen molar-refractivity contribution in [3.8, 4) is 11.3 Å². The van der Waals surface area contributed by atoms with E-state index in [9.17, 15) is 9.59 Å². The molecule has 0 radical (unpaired) electrons. The molecular formula is C22H20N4O3S. The lowest BCUT2D eigenvalue weighted by Gasteiger charge is -2.05. The van der Waals surface area contributed by atoms with E-state index in [1.165, 1.54) is 11.3 Å². The second kappa shape index (κ2) is 8.87. The molecule has 0 saturated heterocycles. The zero-order valence-corrected chi connectivity index (χ0v) is 17.2. The number of anilines is 2. The second-order valence-corrected chi connectivity index (χ2v) is 7.62. The molecule has 2 amide bonds. The zero-order chi connectivity index (χ0) is 20.9. The largest absolute Gasteiger partial charge is 0.356 e. The van der Waals surface area contributed by atoms with Gasteiger partial charge in [0.15, 0.2) is 10.7 Å². The Morgan fingerprint density at radius 3 is 2.63 bits per heavy atom. The van der Waals surface area contributed by atoms with E-state index < -0.39 is 0 Å². The summed E-state index contributed by atoms with van der Waals surface area (Å²) in [5, 5.41) is 12.9. The fraction of sp³-hybridized carbons (Fsp3) is 0.182. The van der Waals surface area contributed by atoms with Gasteiger partial charge in [-0.05, 0) is 30.7 Å². The Bertz CT molecular complexity index is 1180. The molecule has 8 heteroatoms. The fourth-order valence-electron chi connectivity index (χ4n) is 3.02. The van der Waals surface area contributed by atoms with Crippen LogP contribution in [0.4, 0.5) is 10.8 Å². The molecule has 0 unspecified atom stereocenters. The van der Waals surface area contributed by atoms with Gasteiger partial charge in [0.1, 0.15) is 5.69 Å². The number of fused-ring (bicyclic) bond motifs is 1. The number of rotatable bonds is 7. The molecule has 152 valence electrons. The van der Waals surface area contributed by atoms with E-state index in [1.807, 2.05) is 60.8 Å². The average Bonchev–Trinajstić information content (AvgIpc) is 3.36. The lowest BCUT2D eigenvalue weighted by atomic mass is 10.1. The first-order valence-corrected chi connectivity index (χ1v) is 10.5. The summed E-state index contributed by atoms with van der Waals surface area (Å²) in [6.07, 6.45) is 1.42. The summed E-state index contributed by atoms with van der Waals surface area (Å²) in [6, 6.07) is 14.9. The molecule has 2 aromatic heterocycles. The van der Waals surface area contributed by atoms with Gasteiger partial charge < -0.3 is 15.2 Å². The molecule has 0 aliphatic heterocycles. The van der Waals surface area contributed by atoms with Gasteiger partial charge in [0, 0.05) is 28.4 Å². The predicted molar refractivity (Wildman–Crippen MR) is 117 cm³/mol. The Morgan fingerprint density at radius 2 is 1.83 bits per heavy atom. The summed E-state index contributed by atoms with van der Waals surface area (Å²) in [5.74, 6) is -0.201. The minimum atomic E-state index is -0.205. The van der Waals surface area contributed by atoms with Crippen LogP contribution >= 0.6 is 11.3 Å². The molecule has 2 N–H and O–H groups in total. The molecule has 0 atom stereocenters. The highest BCUT2D eigenvalue weighted by atomic mass is 32.1. The second-order valence-electron chi connectivity index (χ2n) is 6.76. The molecule has 0 aliphatic rings. The van der Waals surface area contributed by atoms with Crippen molar-refractivity contribution in [1.82, 2.24) is 10.1 Å². The van der Waals surface area contributed by atoms with E-state index in [1.54, 1.807) is 0 Å². The Kier molecular flexibility index (Phi) is 5.85. The van der Waals surface area contributed by atoms with E-state index in [0.29, 0.717) is 22.8 Å². The van der Waals surface area contributed by atoms with Gasteiger partial charge in [0.05, 0.1) is 12.1 Å². The Balaban J connectivity index is 1.39. The van der Waals surface area contributed by atoms with Gasteiger partial charge in [-0.15, -0.1) is 11.3 Å². The fourth-order valence-corrected chi connectivity index (χ4v) is 3.76. The van der Waals surface area contributed by atoms with Crippen molar-refractivity contribution >= 4 is 44.9 Å². The first kappa shape index (κ1) is 19.8. The smallest absolute Gasteiger partial charge is 0.232 e. The molecule has 0 spiro atoms. The summed E-state index contributed by atoms with van der Waals surface area (Å²) in [7, 11) is 0. The van der Waals surface area contributed by atoms with Crippen molar-refractivity contribution in [1.29, 1.82) is 0 Å². The predicted octanol–water partition coefficient (Wildman–Crippen LogP) is 4.87. The van der Waals surface area contributed by atoms with E-state index in [0.717, 1.165) is 28.8 Å². The molecule has 4 aromatic rings. The van der Waals surface area contributed by atoms with Crippen LogP contribution in [0.15, 0.2) is 58.4 Å². The maximum absolute atomic E-state index is 12.4. The van der Waals surface area contributed by atoms with Gasteiger partial charge in [-0.25, -0.2) is 4.98 Å². The van der Waals surface area contributed by atoms with E-state index in [2.05, 4.69) is 20.8 Å². The van der Waals surface area contributed by atoms with Crippen LogP contribution in [0.3, 0.4) is 0 Å². The highest BCUT2D eigenvalue weighted by molar-refractivity contribution is 7.14. The number of thiazole rings is 1. The lowest BCUT2D eigenvalue weighted by molar-refractivity contribution is -0.116. The Labute approximate surface area is 177 Å². The number of amides is 2. The number of carbonyl (C=O) groups is 2. The molecule has 4 rings (SSSR count). The van der Waals surface area contributed by atoms with Crippen LogP contribution in [0, 0.1) is 0 Å². The van der Waals surface area contributed by atoms with Crippen molar-refractivity contribution < 1.29 is 14.1 Å². The number of hydrogen-bond donors (Lipinski definition) is 2. The van der Waals surface area contributed by atoms with Crippen molar-refractivity contribution in [3.63, 3.8) is 0 Å². The number of aromatic nitrogens is 2. The lowest BCUT2D eigenvalue weighted by Crippen LogP contribution is -2.14. The minimum absolute atomic E-state index is 0.00352. The molecule has 0 fully saturated rings. The molecule has 0 aliphatic carbocycles. The molecule has 2 heterocycles. The van der Waals surface area contributed by atoms with Crippen molar-refractivity contribution in [2.45, 2.75) is 26.2 Å². The third-order valence-electron chi connectivity index (χ3n) is 4.47. The summed E-state index contributed by atoms with van der Waals surface area (Å²) < 4.78 is 5.24. The normalized spacial score (nSPS) is 10.8. The standard InChI is InChI=1S/C22H20N4O3S/c1-2-5-20(27)23-15-10-8-14(9-11-15)18-13-30-22(24-18)25-21(28)12-17-16-6-3-4-7-19(16)29-26-17/h3-4,6-11,13H,2,5,12H2,1H3,(H,23,27)(H,24,25,28). The van der Waals surface area contributed by atoms with Gasteiger partial charge in [0.2, 0.25) is 11.8 Å². The van der Waals surface area contributed by atoms with Gasteiger partial charge >= 0.3 is 0 Å². The molecule has 0 saturated carbocycles. The third kappa shape index (κ3) is 4.55. The SMILES string of the molecule is CCCC(=O)Nc1ccc(-c2csc(NC(=O)Cc3noc4ccccc34)n2)cc1. The van der Waals surface area contributed by atoms with Crippen LogP contribution in [0.1, 0.15) is 25.5 Å². The monoisotopic (exact) mass is 420 g/mol. The van der Waals surface area contributed by atoms with Gasteiger partial charge in [0.25, 0.3) is 0 Å². The molecule has 7 nitrogen and oxygen atoms in total. The van der Waals surface area contributed by atoms with Crippen LogP contribution in [0.25, 0.3) is 22.2 Å². The third-order valence-corrected chi connectivity index (χ3v) is 5.23. The van der Waals surface area contributed by atoms with Gasteiger partial charge in [-0.3, -0.25) is 9.59 Å².